The van der Waals surface area contributed by atoms with Crippen LogP contribution < -0.4 is 9.80 Å². The van der Waals surface area contributed by atoms with Crippen LogP contribution in [-0.4, -0.2) is 65.1 Å². The van der Waals surface area contributed by atoms with Crippen molar-refractivity contribution >= 4 is 28.7 Å². The van der Waals surface area contributed by atoms with Crippen LogP contribution in [-0.2, 0) is 4.74 Å². The van der Waals surface area contributed by atoms with Crippen LogP contribution in [0, 0.1) is 6.92 Å². The van der Waals surface area contributed by atoms with Crippen molar-refractivity contribution in [2.75, 3.05) is 49.2 Å². The highest BCUT2D eigenvalue weighted by Gasteiger charge is 2.23. The van der Waals surface area contributed by atoms with E-state index in [1.54, 1.807) is 0 Å². The molecule has 1 aliphatic rings. The molecule has 1 N–H and O–H groups in total. The van der Waals surface area contributed by atoms with Gasteiger partial charge in [0.1, 0.15) is 5.52 Å². The summed E-state index contributed by atoms with van der Waals surface area (Å²) in [4.78, 5) is 35.0. The number of nitrogens with one attached hydrogen (secondary N) is 1. The largest absolute Gasteiger partial charge is 0.378 e. The van der Waals surface area contributed by atoms with E-state index in [-0.39, 0.29) is 5.78 Å². The fraction of sp³-hybridized carbons (Fsp3) is 0.478. The number of imidazole rings is 1. The van der Waals surface area contributed by atoms with E-state index in [1.165, 1.54) is 0 Å². The second-order valence-electron chi connectivity index (χ2n) is 7.92. The number of rotatable bonds is 8. The second kappa shape index (κ2) is 9.43. The number of H-pyrrole nitrogens is 1. The molecule has 2 aromatic heterocycles. The third kappa shape index (κ3) is 4.54. The molecule has 31 heavy (non-hydrogen) atoms. The second-order valence-corrected chi connectivity index (χ2v) is 7.92. The van der Waals surface area contributed by atoms with Gasteiger partial charge in [-0.15, -0.1) is 0 Å². The van der Waals surface area contributed by atoms with Crippen LogP contribution in [0.2, 0.25) is 0 Å². The number of ether oxygens (including phenoxy) is 1. The molecule has 0 amide bonds. The van der Waals surface area contributed by atoms with Gasteiger partial charge < -0.3 is 19.5 Å². The third-order valence-electron chi connectivity index (χ3n) is 5.40. The van der Waals surface area contributed by atoms with E-state index < -0.39 is 0 Å². The Morgan fingerprint density at radius 1 is 1.13 bits per heavy atom. The molecule has 3 aromatic rings. The van der Waals surface area contributed by atoms with Crippen LogP contribution in [0.3, 0.4) is 0 Å². The lowest BCUT2D eigenvalue weighted by molar-refractivity contribution is 0.103. The fourth-order valence-corrected chi connectivity index (χ4v) is 3.90. The smallest absolute Gasteiger partial charge is 0.229 e. The molecule has 0 atom stereocenters. The van der Waals surface area contributed by atoms with E-state index in [0.29, 0.717) is 36.2 Å². The molecule has 0 aliphatic carbocycles. The zero-order chi connectivity index (χ0) is 21.8. The van der Waals surface area contributed by atoms with Gasteiger partial charge in [-0.1, -0.05) is 37.6 Å². The number of aryl methyl sites for hydroxylation is 1. The zero-order valence-corrected chi connectivity index (χ0v) is 18.5. The lowest BCUT2D eigenvalue weighted by atomic mass is 10.1. The first kappa shape index (κ1) is 21.2. The molecule has 0 bridgehead atoms. The Kier molecular flexibility index (Phi) is 6.46. The highest BCUT2D eigenvalue weighted by molar-refractivity contribution is 6.08. The standard InChI is InChI=1S/C23H30N6O2/c1-4-9-28(10-5-2)22-18-20(26-23(27-22)29-11-13-31-14-12-29)25-21(24-18)19(30)17-8-6-7-16(3)15-17/h6-8,15H,4-5,9-14H2,1-3H3,(H,24,25,26,27). The number of nitrogens with zero attached hydrogens (tertiary/aromatic N) is 5. The Morgan fingerprint density at radius 3 is 2.55 bits per heavy atom. The number of carbonyl (C=O) groups excluding carboxylic acids is 1. The van der Waals surface area contributed by atoms with E-state index in [1.807, 2.05) is 31.2 Å². The van der Waals surface area contributed by atoms with Crippen LogP contribution in [0.25, 0.3) is 11.2 Å². The van der Waals surface area contributed by atoms with E-state index in [0.717, 1.165) is 55.9 Å². The molecule has 1 saturated heterocycles. The molecule has 0 saturated carbocycles. The van der Waals surface area contributed by atoms with E-state index in [4.69, 9.17) is 14.7 Å². The van der Waals surface area contributed by atoms with Gasteiger partial charge in [-0.3, -0.25) is 4.79 Å². The van der Waals surface area contributed by atoms with Gasteiger partial charge in [-0.25, -0.2) is 4.98 Å². The summed E-state index contributed by atoms with van der Waals surface area (Å²) >= 11 is 0. The normalized spacial score (nSPS) is 14.2. The lowest BCUT2D eigenvalue weighted by Gasteiger charge is -2.28. The monoisotopic (exact) mass is 422 g/mol. The van der Waals surface area contributed by atoms with Gasteiger partial charge in [0.25, 0.3) is 0 Å². The maximum Gasteiger partial charge on any atom is 0.229 e. The number of carbonyl (C=O) groups is 1. The van der Waals surface area contributed by atoms with Gasteiger partial charge in [-0.05, 0) is 25.8 Å². The number of fused-ring (bicyclic) bond motifs is 1. The number of aromatic amines is 1. The number of benzene rings is 1. The minimum absolute atomic E-state index is 0.141. The predicted molar refractivity (Wildman–Crippen MR) is 122 cm³/mol. The summed E-state index contributed by atoms with van der Waals surface area (Å²) in [6.07, 6.45) is 2.00. The zero-order valence-electron chi connectivity index (χ0n) is 18.5. The molecule has 1 aromatic carbocycles. The van der Waals surface area contributed by atoms with Crippen molar-refractivity contribution in [3.05, 3.63) is 41.2 Å². The number of aromatic nitrogens is 4. The fourth-order valence-electron chi connectivity index (χ4n) is 3.90. The predicted octanol–water partition coefficient (Wildman–Crippen LogP) is 3.36. The first-order chi connectivity index (χ1) is 15.1. The SMILES string of the molecule is CCCN(CCC)c1nc(N2CCOCC2)nc2nc(C(=O)c3cccc(C)c3)[nH]c12. The van der Waals surface area contributed by atoms with Crippen LogP contribution in [0.15, 0.2) is 24.3 Å². The summed E-state index contributed by atoms with van der Waals surface area (Å²) in [5.74, 6) is 1.61. The lowest BCUT2D eigenvalue weighted by Crippen LogP contribution is -2.38. The highest BCUT2D eigenvalue weighted by atomic mass is 16.5. The third-order valence-corrected chi connectivity index (χ3v) is 5.40. The average Bonchev–Trinajstić information content (AvgIpc) is 3.22. The molecule has 0 radical (unpaired) electrons. The van der Waals surface area contributed by atoms with Crippen LogP contribution in [0.4, 0.5) is 11.8 Å². The van der Waals surface area contributed by atoms with Crippen LogP contribution in [0.1, 0.15) is 48.4 Å². The number of morpholine rings is 1. The first-order valence-electron chi connectivity index (χ1n) is 11.1. The first-order valence-corrected chi connectivity index (χ1v) is 11.1. The Bertz CT molecular complexity index is 1050. The Morgan fingerprint density at radius 2 is 1.87 bits per heavy atom. The van der Waals surface area contributed by atoms with E-state index in [9.17, 15) is 4.79 Å². The van der Waals surface area contributed by atoms with Crippen molar-refractivity contribution < 1.29 is 9.53 Å². The van der Waals surface area contributed by atoms with Crippen molar-refractivity contribution in [3.8, 4) is 0 Å². The Balaban J connectivity index is 1.81. The molecule has 1 aliphatic heterocycles. The molecule has 0 unspecified atom stereocenters. The summed E-state index contributed by atoms with van der Waals surface area (Å²) in [5.41, 5.74) is 2.89. The van der Waals surface area contributed by atoms with Crippen molar-refractivity contribution in [3.63, 3.8) is 0 Å². The minimum Gasteiger partial charge on any atom is -0.378 e. The van der Waals surface area contributed by atoms with Crippen LogP contribution >= 0.6 is 0 Å². The minimum atomic E-state index is -0.141. The molecule has 3 heterocycles. The van der Waals surface area contributed by atoms with Crippen LogP contribution in [0.5, 0.6) is 0 Å². The number of ketones is 1. The van der Waals surface area contributed by atoms with Gasteiger partial charge in [0.05, 0.1) is 13.2 Å². The summed E-state index contributed by atoms with van der Waals surface area (Å²) in [6, 6.07) is 7.55. The Labute approximate surface area is 182 Å². The Hall–Kier alpha value is -3.00. The quantitative estimate of drug-likeness (QED) is 0.557. The maximum absolute atomic E-state index is 13.1. The number of anilines is 2. The highest BCUT2D eigenvalue weighted by Crippen LogP contribution is 2.27. The van der Waals surface area contributed by atoms with Gasteiger partial charge in [0, 0.05) is 31.7 Å². The molecule has 8 heteroatoms. The molecule has 4 rings (SSSR count). The van der Waals surface area contributed by atoms with E-state index >= 15 is 0 Å². The summed E-state index contributed by atoms with van der Waals surface area (Å²) in [5, 5.41) is 0. The molecular formula is C23H30N6O2. The molecule has 1 fully saturated rings. The average molecular weight is 423 g/mol. The van der Waals surface area contributed by atoms with Gasteiger partial charge >= 0.3 is 0 Å². The topological polar surface area (TPSA) is 87.2 Å². The van der Waals surface area contributed by atoms with Gasteiger partial charge in [-0.2, -0.15) is 9.97 Å². The number of hydrogen-bond donors (Lipinski definition) is 1. The summed E-state index contributed by atoms with van der Waals surface area (Å²) in [7, 11) is 0. The maximum atomic E-state index is 13.1. The van der Waals surface area contributed by atoms with Gasteiger partial charge in [0.2, 0.25) is 11.7 Å². The van der Waals surface area contributed by atoms with Gasteiger partial charge in [0.15, 0.2) is 17.3 Å². The molecular weight excluding hydrogens is 392 g/mol. The molecule has 0 spiro atoms. The van der Waals surface area contributed by atoms with Crippen molar-refractivity contribution in [1.29, 1.82) is 0 Å². The van der Waals surface area contributed by atoms with E-state index in [2.05, 4.69) is 33.6 Å². The molecule has 164 valence electrons. The summed E-state index contributed by atoms with van der Waals surface area (Å²) < 4.78 is 5.48. The van der Waals surface area contributed by atoms with Crippen molar-refractivity contribution in [1.82, 2.24) is 19.9 Å². The van der Waals surface area contributed by atoms with Crippen molar-refractivity contribution in [2.24, 2.45) is 0 Å². The number of hydrogen-bond acceptors (Lipinski definition) is 7. The van der Waals surface area contributed by atoms with Crippen molar-refractivity contribution in [2.45, 2.75) is 33.6 Å². The summed E-state index contributed by atoms with van der Waals surface area (Å²) in [6.45, 7) is 10.8. The molecule has 8 nitrogen and oxygen atoms in total.